The molecular weight excluding hydrogens is 224 g/mol. The number of piperidine rings is 1. The molecule has 1 fully saturated rings. The van der Waals surface area contributed by atoms with Crippen molar-refractivity contribution < 1.29 is 0 Å². The monoisotopic (exact) mass is 246 g/mol. The van der Waals surface area contributed by atoms with Gasteiger partial charge in [-0.2, -0.15) is 0 Å². The number of likely N-dealkylation sites (tertiary alicyclic amines) is 1. The van der Waals surface area contributed by atoms with Crippen molar-refractivity contribution in [3.8, 4) is 0 Å². The average Bonchev–Trinajstić information content (AvgIpc) is 2.24. The van der Waals surface area contributed by atoms with Crippen molar-refractivity contribution in [3.63, 3.8) is 0 Å². The highest BCUT2D eigenvalue weighted by molar-refractivity contribution is 8.11. The molecule has 1 aliphatic rings. The Morgan fingerprint density at radius 1 is 1.13 bits per heavy atom. The Labute approximate surface area is 104 Å². The van der Waals surface area contributed by atoms with Crippen LogP contribution in [0.15, 0.2) is 0 Å². The molecule has 0 aliphatic carbocycles. The van der Waals surface area contributed by atoms with Gasteiger partial charge in [-0.25, -0.2) is 0 Å². The maximum atomic E-state index is 4.82. The highest BCUT2D eigenvalue weighted by atomic mass is 32.1. The smallest absolute Gasteiger partial charge is 0.130 e. The molecule has 15 heavy (non-hydrogen) atoms. The van der Waals surface area contributed by atoms with Crippen LogP contribution in [0, 0.1) is 0 Å². The number of rotatable bonds is 6. The van der Waals surface area contributed by atoms with Gasteiger partial charge in [0.05, 0.1) is 0 Å². The maximum Gasteiger partial charge on any atom is 0.130 e. The van der Waals surface area contributed by atoms with E-state index in [1.54, 1.807) is 0 Å². The first-order chi connectivity index (χ1) is 7.29. The van der Waals surface area contributed by atoms with E-state index < -0.39 is 0 Å². The summed E-state index contributed by atoms with van der Waals surface area (Å²) < 4.78 is 0.617. The third-order valence-corrected chi connectivity index (χ3v) is 3.18. The van der Waals surface area contributed by atoms with Gasteiger partial charge < -0.3 is 10.2 Å². The molecular formula is C11H22N2S2. The molecule has 0 unspecified atom stereocenters. The Bertz CT molecular complexity index is 179. The number of nitrogens with one attached hydrogen (secondary N) is 1. The second-order valence-corrected chi connectivity index (χ2v) is 5.35. The van der Waals surface area contributed by atoms with Gasteiger partial charge in [0.2, 0.25) is 0 Å². The summed E-state index contributed by atoms with van der Waals surface area (Å²) in [6.07, 6.45) is 8.04. The summed E-state index contributed by atoms with van der Waals surface area (Å²) in [6, 6.07) is 0. The van der Waals surface area contributed by atoms with Crippen molar-refractivity contribution in [1.82, 2.24) is 10.2 Å². The van der Waals surface area contributed by atoms with Crippen LogP contribution in [-0.4, -0.2) is 35.4 Å². The van der Waals surface area contributed by atoms with Gasteiger partial charge in [-0.3, -0.25) is 0 Å². The van der Waals surface area contributed by atoms with Crippen LogP contribution in [0.25, 0.3) is 0 Å². The zero-order valence-electron chi connectivity index (χ0n) is 9.37. The Hall–Kier alpha value is 0.200. The van der Waals surface area contributed by atoms with E-state index >= 15 is 0 Å². The van der Waals surface area contributed by atoms with Gasteiger partial charge in [0, 0.05) is 6.54 Å². The molecule has 0 radical (unpaired) electrons. The van der Waals surface area contributed by atoms with E-state index in [0.29, 0.717) is 4.32 Å². The van der Waals surface area contributed by atoms with Gasteiger partial charge in [-0.05, 0) is 45.3 Å². The fraction of sp³-hybridized carbons (Fsp3) is 0.909. The van der Waals surface area contributed by atoms with Crippen LogP contribution < -0.4 is 5.32 Å². The largest absolute Gasteiger partial charge is 0.371 e. The molecule has 0 aromatic rings. The first-order valence-corrected chi connectivity index (χ1v) is 6.84. The molecule has 0 bridgehead atoms. The normalized spacial score (nSPS) is 17.7. The summed E-state index contributed by atoms with van der Waals surface area (Å²) in [6.45, 7) is 4.89. The lowest BCUT2D eigenvalue weighted by Crippen LogP contribution is -2.30. The summed E-state index contributed by atoms with van der Waals surface area (Å²) >= 11 is 8.84. The molecule has 0 amide bonds. The summed E-state index contributed by atoms with van der Waals surface area (Å²) in [4.78, 5) is 2.60. The van der Waals surface area contributed by atoms with Crippen LogP contribution >= 0.6 is 24.8 Å². The number of thiocarbonyl (C=S) groups is 1. The summed E-state index contributed by atoms with van der Waals surface area (Å²) in [5.74, 6) is 0. The van der Waals surface area contributed by atoms with Crippen molar-refractivity contribution in [3.05, 3.63) is 0 Å². The van der Waals surface area contributed by atoms with E-state index in [1.165, 1.54) is 58.2 Å². The topological polar surface area (TPSA) is 15.3 Å². The van der Waals surface area contributed by atoms with Crippen LogP contribution in [-0.2, 0) is 0 Å². The Balaban J connectivity index is 1.85. The van der Waals surface area contributed by atoms with Crippen LogP contribution in [0.4, 0.5) is 0 Å². The van der Waals surface area contributed by atoms with E-state index in [1.807, 2.05) is 0 Å². The molecule has 1 N–H and O–H groups in total. The molecule has 0 aromatic carbocycles. The molecule has 1 rings (SSSR count). The second-order valence-electron chi connectivity index (χ2n) is 4.19. The molecule has 1 heterocycles. The lowest BCUT2D eigenvalue weighted by atomic mass is 10.1. The molecule has 0 aromatic heterocycles. The molecule has 88 valence electrons. The average molecular weight is 246 g/mol. The minimum Gasteiger partial charge on any atom is -0.371 e. The van der Waals surface area contributed by atoms with Crippen molar-refractivity contribution in [2.24, 2.45) is 0 Å². The Morgan fingerprint density at radius 3 is 2.53 bits per heavy atom. The molecule has 0 saturated carbocycles. The minimum absolute atomic E-state index is 0.617. The Morgan fingerprint density at radius 2 is 1.87 bits per heavy atom. The van der Waals surface area contributed by atoms with E-state index in [9.17, 15) is 0 Å². The number of unbranched alkanes of at least 4 members (excludes halogenated alkanes) is 2. The van der Waals surface area contributed by atoms with E-state index in [4.69, 9.17) is 12.2 Å². The zero-order chi connectivity index (χ0) is 10.9. The summed E-state index contributed by atoms with van der Waals surface area (Å²) in [5.41, 5.74) is 0. The highest BCUT2D eigenvalue weighted by Gasteiger charge is 2.08. The maximum absolute atomic E-state index is 4.82. The number of hydrogen-bond acceptors (Lipinski definition) is 2. The van der Waals surface area contributed by atoms with Gasteiger partial charge in [0.1, 0.15) is 4.32 Å². The highest BCUT2D eigenvalue weighted by Crippen LogP contribution is 2.09. The molecule has 0 atom stereocenters. The quantitative estimate of drug-likeness (QED) is 0.425. The standard InChI is InChI=1S/C11H22N2S2/c14-11(15)12-7-3-1-4-8-13-9-5-2-6-10-13/h1-10H2,(H2,12,14,15). The first kappa shape index (κ1) is 13.3. The molecule has 1 saturated heterocycles. The summed E-state index contributed by atoms with van der Waals surface area (Å²) in [7, 11) is 0. The van der Waals surface area contributed by atoms with Crippen LogP contribution in [0.1, 0.15) is 38.5 Å². The van der Waals surface area contributed by atoms with Crippen LogP contribution in [0.5, 0.6) is 0 Å². The fourth-order valence-corrected chi connectivity index (χ4v) is 2.23. The Kier molecular flexibility index (Phi) is 7.40. The SMILES string of the molecule is S=C(S)NCCCCCN1CCCCC1. The third-order valence-electron chi connectivity index (χ3n) is 2.88. The van der Waals surface area contributed by atoms with Crippen molar-refractivity contribution in [2.45, 2.75) is 38.5 Å². The number of hydrogen-bond donors (Lipinski definition) is 2. The molecule has 2 nitrogen and oxygen atoms in total. The minimum atomic E-state index is 0.617. The predicted molar refractivity (Wildman–Crippen MR) is 73.7 cm³/mol. The van der Waals surface area contributed by atoms with Crippen LogP contribution in [0.3, 0.4) is 0 Å². The van der Waals surface area contributed by atoms with E-state index in [2.05, 4.69) is 22.8 Å². The van der Waals surface area contributed by atoms with Crippen molar-refractivity contribution in [2.75, 3.05) is 26.2 Å². The molecule has 0 spiro atoms. The number of nitrogens with zero attached hydrogens (tertiary/aromatic N) is 1. The van der Waals surface area contributed by atoms with Crippen molar-refractivity contribution >= 4 is 29.2 Å². The van der Waals surface area contributed by atoms with Crippen LogP contribution in [0.2, 0.25) is 0 Å². The molecule has 4 heteroatoms. The van der Waals surface area contributed by atoms with Gasteiger partial charge in [-0.15, -0.1) is 12.6 Å². The summed E-state index contributed by atoms with van der Waals surface area (Å²) in [5, 5.41) is 3.07. The zero-order valence-corrected chi connectivity index (χ0v) is 11.1. The lowest BCUT2D eigenvalue weighted by Gasteiger charge is -2.26. The van der Waals surface area contributed by atoms with Gasteiger partial charge in [-0.1, -0.05) is 25.1 Å². The predicted octanol–water partition coefficient (Wildman–Crippen LogP) is 2.45. The van der Waals surface area contributed by atoms with Gasteiger partial charge in [0.15, 0.2) is 0 Å². The van der Waals surface area contributed by atoms with Crippen molar-refractivity contribution in [1.29, 1.82) is 0 Å². The second kappa shape index (κ2) is 8.36. The first-order valence-electron chi connectivity index (χ1n) is 5.98. The number of thiol groups is 1. The van der Waals surface area contributed by atoms with Gasteiger partial charge in [0.25, 0.3) is 0 Å². The van der Waals surface area contributed by atoms with Gasteiger partial charge >= 0.3 is 0 Å². The van der Waals surface area contributed by atoms with E-state index in [0.717, 1.165) is 6.54 Å². The van der Waals surface area contributed by atoms with E-state index in [-0.39, 0.29) is 0 Å². The lowest BCUT2D eigenvalue weighted by molar-refractivity contribution is 0.224. The fourth-order valence-electron chi connectivity index (χ4n) is 2.02. The molecule has 1 aliphatic heterocycles. The third kappa shape index (κ3) is 7.14.